The summed E-state index contributed by atoms with van der Waals surface area (Å²) in [5, 5.41) is 8.31. The molecule has 0 spiro atoms. The summed E-state index contributed by atoms with van der Waals surface area (Å²) in [6.07, 6.45) is -3.75. The summed E-state index contributed by atoms with van der Waals surface area (Å²) in [7, 11) is 0. The molecule has 3 heterocycles. The van der Waals surface area contributed by atoms with Crippen LogP contribution in [0.4, 0.5) is 48.3 Å². The van der Waals surface area contributed by atoms with E-state index in [4.69, 9.17) is 10.5 Å². The molecule has 0 saturated carbocycles. The second-order valence-electron chi connectivity index (χ2n) is 8.93. The van der Waals surface area contributed by atoms with Crippen LogP contribution in [0.3, 0.4) is 0 Å². The maximum absolute atomic E-state index is 15.3. The van der Waals surface area contributed by atoms with Crippen molar-refractivity contribution >= 4 is 28.7 Å². The Morgan fingerprint density at radius 1 is 0.975 bits per heavy atom. The van der Waals surface area contributed by atoms with Gasteiger partial charge in [0, 0.05) is 42.5 Å². The summed E-state index contributed by atoms with van der Waals surface area (Å²) in [6.45, 7) is 2.89. The van der Waals surface area contributed by atoms with Gasteiger partial charge in [-0.05, 0) is 30.3 Å². The number of fused-ring (bicyclic) bond motifs is 1. The maximum Gasteiger partial charge on any atom is 0.419 e. The first-order valence-electron chi connectivity index (χ1n) is 11.9. The zero-order chi connectivity index (χ0) is 28.6. The van der Waals surface area contributed by atoms with E-state index in [2.05, 4.69) is 15.0 Å². The van der Waals surface area contributed by atoms with Crippen molar-refractivity contribution in [2.24, 2.45) is 0 Å². The molecule has 0 unspecified atom stereocenters. The molecule has 0 atom stereocenters. The molecular weight excluding hydrogens is 544 g/mol. The highest BCUT2D eigenvalue weighted by Gasteiger charge is 2.34. The summed E-state index contributed by atoms with van der Waals surface area (Å²) in [6, 6.07) is 3.83. The van der Waals surface area contributed by atoms with Crippen molar-refractivity contribution in [3.8, 4) is 11.1 Å². The third-order valence-electron chi connectivity index (χ3n) is 6.27. The van der Waals surface area contributed by atoms with E-state index in [-0.39, 0.29) is 22.5 Å². The Bertz CT molecular complexity index is 1580. The smallest absolute Gasteiger partial charge is 0.382 e. The Balaban J connectivity index is 1.42. The van der Waals surface area contributed by atoms with Crippen molar-refractivity contribution < 1.29 is 35.9 Å². The van der Waals surface area contributed by atoms with Crippen LogP contribution in [0.15, 0.2) is 42.7 Å². The zero-order valence-electron chi connectivity index (χ0n) is 20.5. The molecule has 5 rings (SSSR count). The molecule has 0 radical (unpaired) electrons. The first-order valence-corrected chi connectivity index (χ1v) is 11.9. The number of hydrogen-bond acceptors (Lipinski definition) is 6. The zero-order valence-corrected chi connectivity index (χ0v) is 20.5. The van der Waals surface area contributed by atoms with Gasteiger partial charge in [0.05, 0.1) is 30.2 Å². The molecule has 0 bridgehead atoms. The Labute approximate surface area is 222 Å². The minimum Gasteiger partial charge on any atom is -0.382 e. The van der Waals surface area contributed by atoms with Gasteiger partial charge in [-0.3, -0.25) is 4.90 Å². The Kier molecular flexibility index (Phi) is 7.25. The number of alkyl halides is 3. The maximum atomic E-state index is 15.3. The van der Waals surface area contributed by atoms with Gasteiger partial charge in [0.1, 0.15) is 29.3 Å². The number of benzene rings is 2. The van der Waals surface area contributed by atoms with Gasteiger partial charge in [-0.2, -0.15) is 18.3 Å². The number of nitrogens with one attached hydrogen (secondary N) is 2. The van der Waals surface area contributed by atoms with E-state index in [1.807, 2.05) is 10.6 Å². The second kappa shape index (κ2) is 10.7. The highest BCUT2D eigenvalue weighted by molar-refractivity contribution is 6.00. The lowest BCUT2D eigenvalue weighted by Gasteiger charge is -2.26. The van der Waals surface area contributed by atoms with Crippen molar-refractivity contribution in [1.29, 1.82) is 0 Å². The minimum absolute atomic E-state index is 0.0390. The number of aromatic nitrogens is 3. The van der Waals surface area contributed by atoms with Crippen LogP contribution in [-0.2, 0) is 17.5 Å². The lowest BCUT2D eigenvalue weighted by Crippen LogP contribution is -2.36. The van der Waals surface area contributed by atoms with Gasteiger partial charge in [-0.1, -0.05) is 0 Å². The van der Waals surface area contributed by atoms with Crippen LogP contribution in [0.25, 0.3) is 16.6 Å². The standard InChI is InChI=1S/C25H21F6N7O2/c26-18-2-1-13(7-17(18)25(29,30)31)35-24(39)36-21-10-19(27)15(9-20(21)28)16-8-14(11-37-3-5-40-6-4-37)38-22(16)23(32)33-12-34-38/h1-2,7-10,12H,3-6,11H2,(H2,32,33,34)(H2,35,36,39). The van der Waals surface area contributed by atoms with Gasteiger partial charge < -0.3 is 21.1 Å². The van der Waals surface area contributed by atoms with Crippen molar-refractivity contribution in [1.82, 2.24) is 19.5 Å². The summed E-state index contributed by atoms with van der Waals surface area (Å²) in [5.74, 6) is -3.45. The number of hydrogen-bond donors (Lipinski definition) is 3. The average Bonchev–Trinajstić information content (AvgIpc) is 3.26. The Hall–Kier alpha value is -4.37. The number of halogens is 6. The second-order valence-corrected chi connectivity index (χ2v) is 8.93. The number of carbonyl (C=O) groups is 1. The SMILES string of the molecule is Nc1ncnn2c(CN3CCOCC3)cc(-c3cc(F)c(NC(=O)Nc4ccc(F)c(C(F)(F)F)c4)cc3F)c12. The number of ether oxygens (including phenoxy) is 1. The van der Waals surface area contributed by atoms with E-state index in [1.54, 1.807) is 6.07 Å². The van der Waals surface area contributed by atoms with Crippen LogP contribution < -0.4 is 16.4 Å². The number of nitrogen functional groups attached to an aromatic ring is 1. The molecule has 1 aliphatic heterocycles. The molecule has 2 aromatic carbocycles. The molecule has 2 aromatic heterocycles. The van der Waals surface area contributed by atoms with Crippen molar-refractivity contribution in [2.45, 2.75) is 12.7 Å². The highest BCUT2D eigenvalue weighted by Crippen LogP contribution is 2.35. The van der Waals surface area contributed by atoms with Gasteiger partial charge in [0.15, 0.2) is 5.82 Å². The number of amides is 2. The van der Waals surface area contributed by atoms with Crippen molar-refractivity contribution in [3.05, 3.63) is 71.4 Å². The number of morpholine rings is 1. The molecule has 0 aliphatic carbocycles. The molecule has 1 fully saturated rings. The minimum atomic E-state index is -5.00. The fourth-order valence-corrected chi connectivity index (χ4v) is 4.39. The number of urea groups is 1. The summed E-state index contributed by atoms with van der Waals surface area (Å²) < 4.78 is 89.6. The van der Waals surface area contributed by atoms with Crippen LogP contribution >= 0.6 is 0 Å². The van der Waals surface area contributed by atoms with Crippen LogP contribution in [0.1, 0.15) is 11.3 Å². The normalized spacial score (nSPS) is 14.4. The van der Waals surface area contributed by atoms with E-state index < -0.39 is 46.6 Å². The molecule has 2 amide bonds. The molecular formula is C25H21F6N7O2. The number of nitrogens with zero attached hydrogens (tertiary/aromatic N) is 4. The van der Waals surface area contributed by atoms with E-state index in [0.717, 1.165) is 18.2 Å². The number of carbonyl (C=O) groups excluding carboxylic acids is 1. The molecule has 4 aromatic rings. The van der Waals surface area contributed by atoms with Crippen LogP contribution in [0.2, 0.25) is 0 Å². The van der Waals surface area contributed by atoms with Crippen LogP contribution in [0.5, 0.6) is 0 Å². The van der Waals surface area contributed by atoms with Crippen molar-refractivity contribution in [2.75, 3.05) is 42.7 Å². The topological polar surface area (TPSA) is 110 Å². The molecule has 40 heavy (non-hydrogen) atoms. The molecule has 1 saturated heterocycles. The van der Waals surface area contributed by atoms with Crippen LogP contribution in [-0.4, -0.2) is 51.8 Å². The summed E-state index contributed by atoms with van der Waals surface area (Å²) in [4.78, 5) is 18.4. The number of rotatable bonds is 5. The quantitative estimate of drug-likeness (QED) is 0.298. The Morgan fingerprint density at radius 2 is 1.73 bits per heavy atom. The first-order chi connectivity index (χ1) is 19.0. The average molecular weight is 565 g/mol. The van der Waals surface area contributed by atoms with Gasteiger partial charge >= 0.3 is 12.2 Å². The largest absolute Gasteiger partial charge is 0.419 e. The molecule has 210 valence electrons. The van der Waals surface area contributed by atoms with Gasteiger partial charge in [0.25, 0.3) is 0 Å². The number of anilines is 3. The number of nitrogens with two attached hydrogens (primary N) is 1. The first kappa shape index (κ1) is 27.2. The van der Waals surface area contributed by atoms with E-state index in [1.165, 1.54) is 10.8 Å². The molecule has 15 heteroatoms. The lowest BCUT2D eigenvalue weighted by atomic mass is 10.0. The highest BCUT2D eigenvalue weighted by atomic mass is 19.4. The molecule has 1 aliphatic rings. The van der Waals surface area contributed by atoms with Gasteiger partial charge in [-0.15, -0.1) is 0 Å². The predicted molar refractivity (Wildman–Crippen MR) is 133 cm³/mol. The summed E-state index contributed by atoms with van der Waals surface area (Å²) >= 11 is 0. The van der Waals surface area contributed by atoms with E-state index in [9.17, 15) is 22.4 Å². The van der Waals surface area contributed by atoms with Gasteiger partial charge in [0.2, 0.25) is 0 Å². The molecule has 9 nitrogen and oxygen atoms in total. The third-order valence-corrected chi connectivity index (χ3v) is 6.27. The van der Waals surface area contributed by atoms with Gasteiger partial charge in [-0.25, -0.2) is 27.5 Å². The lowest BCUT2D eigenvalue weighted by molar-refractivity contribution is -0.139. The summed E-state index contributed by atoms with van der Waals surface area (Å²) in [5.41, 5.74) is 4.44. The molecule has 4 N–H and O–H groups in total. The fraction of sp³-hybridized carbons (Fsp3) is 0.240. The van der Waals surface area contributed by atoms with E-state index in [0.29, 0.717) is 50.7 Å². The Morgan fingerprint density at radius 3 is 2.45 bits per heavy atom. The van der Waals surface area contributed by atoms with Crippen molar-refractivity contribution in [3.63, 3.8) is 0 Å². The fourth-order valence-electron chi connectivity index (χ4n) is 4.39. The predicted octanol–water partition coefficient (Wildman–Crippen LogP) is 4.89. The third kappa shape index (κ3) is 5.51. The van der Waals surface area contributed by atoms with E-state index >= 15 is 8.78 Å². The monoisotopic (exact) mass is 565 g/mol. The van der Waals surface area contributed by atoms with Crippen LogP contribution in [0, 0.1) is 17.5 Å².